The fourth-order valence-electron chi connectivity index (χ4n) is 4.19. The predicted molar refractivity (Wildman–Crippen MR) is 124 cm³/mol. The molecule has 0 radical (unpaired) electrons. The second kappa shape index (κ2) is 8.72. The standard InChI is InChI=1S/C22H20ClN5O2S2/c23-15-6-2-1-4-13(15)19-26-27-22(30-19)32-21-18-14-5-3-7-16(14)31-20(18)24-17(25-21)12-28-8-10-29-11-9-28/h1-2,4,6H,3,5,7-12H2. The molecule has 32 heavy (non-hydrogen) atoms. The summed E-state index contributed by atoms with van der Waals surface area (Å²) in [5, 5.41) is 11.6. The molecule has 0 unspecified atom stereocenters. The summed E-state index contributed by atoms with van der Waals surface area (Å²) >= 11 is 9.52. The van der Waals surface area contributed by atoms with Crippen molar-refractivity contribution in [2.45, 2.75) is 36.1 Å². The van der Waals surface area contributed by atoms with Crippen molar-refractivity contribution in [1.82, 2.24) is 25.1 Å². The van der Waals surface area contributed by atoms with E-state index in [0.29, 0.717) is 22.7 Å². The molecular weight excluding hydrogens is 466 g/mol. The first-order valence-electron chi connectivity index (χ1n) is 10.6. The molecule has 1 aliphatic carbocycles. The maximum absolute atomic E-state index is 6.30. The Morgan fingerprint density at radius 1 is 1.09 bits per heavy atom. The van der Waals surface area contributed by atoms with E-state index in [9.17, 15) is 0 Å². The second-order valence-corrected chi connectivity index (χ2v) is 10.3. The van der Waals surface area contributed by atoms with Gasteiger partial charge in [-0.15, -0.1) is 21.5 Å². The highest BCUT2D eigenvalue weighted by Crippen LogP contribution is 2.42. The van der Waals surface area contributed by atoms with Gasteiger partial charge in [0.2, 0.25) is 5.89 Å². The first-order valence-corrected chi connectivity index (χ1v) is 12.6. The van der Waals surface area contributed by atoms with Crippen LogP contribution in [0, 0.1) is 0 Å². The van der Waals surface area contributed by atoms with Crippen molar-refractivity contribution in [1.29, 1.82) is 0 Å². The van der Waals surface area contributed by atoms with Crippen molar-refractivity contribution in [2.24, 2.45) is 0 Å². The third kappa shape index (κ3) is 3.92. The first kappa shape index (κ1) is 20.6. The Morgan fingerprint density at radius 2 is 1.97 bits per heavy atom. The minimum atomic E-state index is 0.410. The summed E-state index contributed by atoms with van der Waals surface area (Å²) in [6, 6.07) is 7.47. The molecule has 6 rings (SSSR count). The van der Waals surface area contributed by atoms with E-state index in [1.165, 1.54) is 28.6 Å². The summed E-state index contributed by atoms with van der Waals surface area (Å²) < 4.78 is 11.4. The van der Waals surface area contributed by atoms with Crippen molar-refractivity contribution in [3.8, 4) is 11.5 Å². The Balaban J connectivity index is 1.36. The van der Waals surface area contributed by atoms with Crippen molar-refractivity contribution in [2.75, 3.05) is 26.3 Å². The van der Waals surface area contributed by atoms with E-state index >= 15 is 0 Å². The number of aromatic nitrogens is 4. The van der Waals surface area contributed by atoms with E-state index in [0.717, 1.165) is 65.8 Å². The molecule has 1 aliphatic heterocycles. The smallest absolute Gasteiger partial charge is 0.283 e. The number of fused-ring (bicyclic) bond motifs is 3. The van der Waals surface area contributed by atoms with E-state index in [-0.39, 0.29) is 0 Å². The number of nitrogens with zero attached hydrogens (tertiary/aromatic N) is 5. The lowest BCUT2D eigenvalue weighted by Crippen LogP contribution is -2.36. The molecule has 2 aliphatic rings. The minimum absolute atomic E-state index is 0.410. The van der Waals surface area contributed by atoms with Crippen LogP contribution in [0.5, 0.6) is 0 Å². The van der Waals surface area contributed by atoms with Crippen LogP contribution >= 0.6 is 34.7 Å². The van der Waals surface area contributed by atoms with Gasteiger partial charge in [-0.3, -0.25) is 4.90 Å². The van der Waals surface area contributed by atoms with Crippen molar-refractivity contribution in [3.05, 3.63) is 45.6 Å². The lowest BCUT2D eigenvalue weighted by Gasteiger charge is -2.25. The van der Waals surface area contributed by atoms with Crippen LogP contribution in [0.25, 0.3) is 21.7 Å². The lowest BCUT2D eigenvalue weighted by molar-refractivity contribution is 0.0330. The maximum Gasteiger partial charge on any atom is 0.283 e. The van der Waals surface area contributed by atoms with E-state index in [1.807, 2.05) is 24.3 Å². The molecule has 0 atom stereocenters. The van der Waals surface area contributed by atoms with Gasteiger partial charge >= 0.3 is 0 Å². The number of thiophene rings is 1. The molecule has 3 aromatic heterocycles. The number of rotatable bonds is 5. The minimum Gasteiger partial charge on any atom is -0.411 e. The fourth-order valence-corrected chi connectivity index (χ4v) is 6.59. The summed E-state index contributed by atoms with van der Waals surface area (Å²) in [7, 11) is 0. The van der Waals surface area contributed by atoms with Crippen LogP contribution in [0.2, 0.25) is 5.02 Å². The van der Waals surface area contributed by atoms with Gasteiger partial charge in [0.05, 0.1) is 30.3 Å². The Labute approximate surface area is 198 Å². The molecule has 4 aromatic rings. The number of hydrogen-bond donors (Lipinski definition) is 0. The zero-order valence-electron chi connectivity index (χ0n) is 17.2. The molecule has 0 saturated carbocycles. The van der Waals surface area contributed by atoms with Gasteiger partial charge in [0.1, 0.15) is 15.7 Å². The van der Waals surface area contributed by atoms with Crippen LogP contribution in [0.4, 0.5) is 0 Å². The number of aryl methyl sites for hydroxylation is 2. The van der Waals surface area contributed by atoms with Gasteiger partial charge in [0.15, 0.2) is 0 Å². The van der Waals surface area contributed by atoms with Gasteiger partial charge in [-0.1, -0.05) is 23.7 Å². The Bertz CT molecular complexity index is 1280. The van der Waals surface area contributed by atoms with Crippen LogP contribution < -0.4 is 0 Å². The molecule has 164 valence electrons. The van der Waals surface area contributed by atoms with Gasteiger partial charge < -0.3 is 9.15 Å². The number of halogens is 1. The van der Waals surface area contributed by atoms with E-state index in [2.05, 4.69) is 15.1 Å². The van der Waals surface area contributed by atoms with E-state index in [4.69, 9.17) is 30.7 Å². The molecular formula is C22H20ClN5O2S2. The average molecular weight is 486 g/mol. The highest BCUT2D eigenvalue weighted by atomic mass is 35.5. The molecule has 10 heteroatoms. The number of ether oxygens (including phenoxy) is 1. The van der Waals surface area contributed by atoms with Gasteiger partial charge in [-0.2, -0.15) is 0 Å². The second-order valence-electron chi connectivity index (χ2n) is 7.83. The van der Waals surface area contributed by atoms with Crippen molar-refractivity contribution < 1.29 is 9.15 Å². The summed E-state index contributed by atoms with van der Waals surface area (Å²) in [5.74, 6) is 1.24. The van der Waals surface area contributed by atoms with Gasteiger partial charge in [-0.05, 0) is 48.7 Å². The van der Waals surface area contributed by atoms with Crippen LogP contribution in [0.1, 0.15) is 22.7 Å². The summed E-state index contributed by atoms with van der Waals surface area (Å²) in [5.41, 5.74) is 2.11. The highest BCUT2D eigenvalue weighted by Gasteiger charge is 2.25. The maximum atomic E-state index is 6.30. The number of benzene rings is 1. The molecule has 7 nitrogen and oxygen atoms in total. The quantitative estimate of drug-likeness (QED) is 0.371. The Kier molecular flexibility index (Phi) is 5.60. The number of hydrogen-bond acceptors (Lipinski definition) is 9. The van der Waals surface area contributed by atoms with Crippen molar-refractivity contribution in [3.63, 3.8) is 0 Å². The molecule has 0 bridgehead atoms. The molecule has 4 heterocycles. The van der Waals surface area contributed by atoms with E-state index < -0.39 is 0 Å². The largest absolute Gasteiger partial charge is 0.411 e. The fraction of sp³-hybridized carbons (Fsp3) is 0.364. The SMILES string of the molecule is Clc1ccccc1-c1nnc(Sc2nc(CN3CCOCC3)nc3sc4c(c23)CCC4)o1. The van der Waals surface area contributed by atoms with Crippen LogP contribution in [0.15, 0.2) is 38.9 Å². The lowest BCUT2D eigenvalue weighted by atomic mass is 10.2. The van der Waals surface area contributed by atoms with Crippen LogP contribution in [0.3, 0.4) is 0 Å². The normalized spacial score (nSPS) is 16.7. The number of morpholine rings is 1. The van der Waals surface area contributed by atoms with Gasteiger partial charge in [0.25, 0.3) is 5.22 Å². The molecule has 1 saturated heterocycles. The third-order valence-corrected chi connectivity index (χ3v) is 8.08. The first-order chi connectivity index (χ1) is 15.7. The average Bonchev–Trinajstić information content (AvgIpc) is 3.51. The molecule has 0 amide bonds. The summed E-state index contributed by atoms with van der Waals surface area (Å²) in [6.07, 6.45) is 3.38. The molecule has 0 N–H and O–H groups in total. The van der Waals surface area contributed by atoms with Crippen LogP contribution in [-0.2, 0) is 24.1 Å². The van der Waals surface area contributed by atoms with Gasteiger partial charge in [-0.25, -0.2) is 9.97 Å². The molecule has 1 aromatic carbocycles. The van der Waals surface area contributed by atoms with Crippen LogP contribution in [-0.4, -0.2) is 51.4 Å². The highest BCUT2D eigenvalue weighted by molar-refractivity contribution is 7.99. The molecule has 0 spiro atoms. The summed E-state index contributed by atoms with van der Waals surface area (Å²) in [6.45, 7) is 4.02. The topological polar surface area (TPSA) is 77.2 Å². The zero-order valence-corrected chi connectivity index (χ0v) is 19.6. The molecule has 1 fully saturated rings. The zero-order chi connectivity index (χ0) is 21.5. The Hall–Kier alpha value is -2.04. The van der Waals surface area contributed by atoms with Gasteiger partial charge in [0, 0.05) is 23.4 Å². The third-order valence-electron chi connectivity index (χ3n) is 5.74. The predicted octanol–water partition coefficient (Wildman–Crippen LogP) is 4.87. The van der Waals surface area contributed by atoms with Crippen molar-refractivity contribution >= 4 is 44.9 Å². The van der Waals surface area contributed by atoms with E-state index in [1.54, 1.807) is 11.3 Å². The summed E-state index contributed by atoms with van der Waals surface area (Å²) in [4.78, 5) is 14.7. The Morgan fingerprint density at radius 3 is 2.84 bits per heavy atom. The monoisotopic (exact) mass is 485 g/mol.